The molecule has 8 heteroatoms. The Morgan fingerprint density at radius 2 is 2.14 bits per heavy atom. The first-order valence-electron chi connectivity index (χ1n) is 6.33. The molecular weight excluding hydrogens is 286 g/mol. The number of hydrogen-bond acceptors (Lipinski definition) is 4. The van der Waals surface area contributed by atoms with Crippen molar-refractivity contribution in [3.05, 3.63) is 39.4 Å². The number of carbonyl (C=O) groups is 2. The SMILES string of the molecule is CCC1CC(=O)N(C(=O)c2cc(F)cc([N+](=O)[O-])c2F)C1. The molecule has 6 nitrogen and oxygen atoms in total. The van der Waals surface area contributed by atoms with Gasteiger partial charge < -0.3 is 0 Å². The summed E-state index contributed by atoms with van der Waals surface area (Å²) in [6.45, 7) is 1.96. The Hall–Kier alpha value is -2.38. The molecule has 0 saturated carbocycles. The zero-order chi connectivity index (χ0) is 15.7. The molecule has 2 rings (SSSR count). The lowest BCUT2D eigenvalue weighted by molar-refractivity contribution is -0.387. The highest BCUT2D eigenvalue weighted by atomic mass is 19.1. The number of nitro groups is 1. The van der Waals surface area contributed by atoms with Crippen LogP contribution in [-0.4, -0.2) is 28.2 Å². The molecule has 0 radical (unpaired) electrons. The Bertz CT molecular complexity index is 633. The lowest BCUT2D eigenvalue weighted by atomic mass is 10.1. The van der Waals surface area contributed by atoms with E-state index in [1.54, 1.807) is 0 Å². The fraction of sp³-hybridized carbons (Fsp3) is 0.385. The van der Waals surface area contributed by atoms with E-state index in [-0.39, 0.29) is 18.9 Å². The van der Waals surface area contributed by atoms with Gasteiger partial charge >= 0.3 is 5.69 Å². The van der Waals surface area contributed by atoms with Crippen LogP contribution in [0.1, 0.15) is 30.1 Å². The quantitative estimate of drug-likeness (QED) is 0.487. The van der Waals surface area contributed by atoms with Crippen LogP contribution < -0.4 is 0 Å². The molecule has 1 atom stereocenters. The number of halogens is 2. The minimum atomic E-state index is -1.43. The highest BCUT2D eigenvalue weighted by Gasteiger charge is 2.36. The number of likely N-dealkylation sites (tertiary alicyclic amines) is 1. The molecule has 1 aromatic carbocycles. The normalized spacial score (nSPS) is 18.1. The molecule has 0 aliphatic carbocycles. The number of hydrogen-bond donors (Lipinski definition) is 0. The van der Waals surface area contributed by atoms with E-state index in [0.29, 0.717) is 18.6 Å². The van der Waals surface area contributed by atoms with E-state index >= 15 is 0 Å². The largest absolute Gasteiger partial charge is 0.308 e. The number of rotatable bonds is 3. The number of amides is 2. The predicted molar refractivity (Wildman–Crippen MR) is 67.5 cm³/mol. The van der Waals surface area contributed by atoms with Gasteiger partial charge in [-0.05, 0) is 12.0 Å². The molecule has 1 aliphatic rings. The van der Waals surface area contributed by atoms with Crippen LogP contribution >= 0.6 is 0 Å². The van der Waals surface area contributed by atoms with Crippen LogP contribution in [0.3, 0.4) is 0 Å². The second-order valence-corrected chi connectivity index (χ2v) is 4.83. The van der Waals surface area contributed by atoms with Crippen molar-refractivity contribution in [1.29, 1.82) is 0 Å². The molecular formula is C13H12F2N2O4. The Kier molecular flexibility index (Phi) is 3.97. The van der Waals surface area contributed by atoms with Gasteiger partial charge in [-0.1, -0.05) is 13.3 Å². The summed E-state index contributed by atoms with van der Waals surface area (Å²) < 4.78 is 27.3. The minimum absolute atomic E-state index is 0.0342. The van der Waals surface area contributed by atoms with Crippen LogP contribution in [0.25, 0.3) is 0 Å². The van der Waals surface area contributed by atoms with Gasteiger partial charge in [0.05, 0.1) is 16.6 Å². The van der Waals surface area contributed by atoms with Gasteiger partial charge in [0.2, 0.25) is 11.7 Å². The van der Waals surface area contributed by atoms with Crippen molar-refractivity contribution in [3.63, 3.8) is 0 Å². The van der Waals surface area contributed by atoms with Gasteiger partial charge in [-0.2, -0.15) is 4.39 Å². The summed E-state index contributed by atoms with van der Waals surface area (Å²) in [5.74, 6) is -4.11. The Morgan fingerprint density at radius 3 is 2.67 bits per heavy atom. The summed E-state index contributed by atoms with van der Waals surface area (Å²) in [6, 6.07) is 0.962. The highest BCUT2D eigenvalue weighted by Crippen LogP contribution is 2.27. The monoisotopic (exact) mass is 298 g/mol. The van der Waals surface area contributed by atoms with E-state index < -0.39 is 39.6 Å². The lowest BCUT2D eigenvalue weighted by Crippen LogP contribution is -2.33. The summed E-state index contributed by atoms with van der Waals surface area (Å²) in [4.78, 5) is 34.2. The van der Waals surface area contributed by atoms with Gasteiger partial charge in [0.15, 0.2) is 0 Å². The smallest absolute Gasteiger partial charge is 0.278 e. The van der Waals surface area contributed by atoms with Gasteiger partial charge in [0, 0.05) is 13.0 Å². The maximum Gasteiger partial charge on any atom is 0.308 e. The second kappa shape index (κ2) is 5.55. The molecule has 1 saturated heterocycles. The number of nitrogens with zero attached hydrogens (tertiary/aromatic N) is 2. The fourth-order valence-electron chi connectivity index (χ4n) is 2.26. The van der Waals surface area contributed by atoms with E-state index in [0.717, 1.165) is 4.90 Å². The van der Waals surface area contributed by atoms with Crippen molar-refractivity contribution in [2.45, 2.75) is 19.8 Å². The molecule has 1 aliphatic heterocycles. The van der Waals surface area contributed by atoms with Crippen molar-refractivity contribution < 1.29 is 23.3 Å². The molecule has 1 aromatic rings. The van der Waals surface area contributed by atoms with Gasteiger partial charge in [0.1, 0.15) is 5.82 Å². The van der Waals surface area contributed by atoms with Crippen molar-refractivity contribution >= 4 is 17.5 Å². The average molecular weight is 298 g/mol. The molecule has 0 bridgehead atoms. The Labute approximate surface area is 118 Å². The predicted octanol–water partition coefficient (Wildman–Crippen LogP) is 2.27. The third kappa shape index (κ3) is 2.74. The zero-order valence-corrected chi connectivity index (χ0v) is 11.1. The molecule has 1 heterocycles. The topological polar surface area (TPSA) is 80.5 Å². The van der Waals surface area contributed by atoms with Gasteiger partial charge in [-0.25, -0.2) is 4.39 Å². The summed E-state index contributed by atoms with van der Waals surface area (Å²) in [6.07, 6.45) is 0.822. The summed E-state index contributed by atoms with van der Waals surface area (Å²) in [7, 11) is 0. The molecule has 1 unspecified atom stereocenters. The van der Waals surface area contributed by atoms with E-state index in [1.165, 1.54) is 0 Å². The maximum absolute atomic E-state index is 13.9. The summed E-state index contributed by atoms with van der Waals surface area (Å²) in [5, 5.41) is 10.6. The molecule has 0 N–H and O–H groups in total. The lowest BCUT2D eigenvalue weighted by Gasteiger charge is -2.15. The van der Waals surface area contributed by atoms with Crippen LogP contribution in [0.5, 0.6) is 0 Å². The third-order valence-corrected chi connectivity index (χ3v) is 3.47. The third-order valence-electron chi connectivity index (χ3n) is 3.47. The van der Waals surface area contributed by atoms with Crippen molar-refractivity contribution in [3.8, 4) is 0 Å². The van der Waals surface area contributed by atoms with Gasteiger partial charge in [-0.15, -0.1) is 0 Å². The first kappa shape index (κ1) is 15.0. The van der Waals surface area contributed by atoms with E-state index in [9.17, 15) is 28.5 Å². The van der Waals surface area contributed by atoms with Gasteiger partial charge in [-0.3, -0.25) is 24.6 Å². The Balaban J connectivity index is 2.40. The van der Waals surface area contributed by atoms with E-state index in [4.69, 9.17) is 0 Å². The van der Waals surface area contributed by atoms with E-state index in [1.807, 2.05) is 6.92 Å². The first-order valence-corrected chi connectivity index (χ1v) is 6.33. The van der Waals surface area contributed by atoms with Crippen molar-refractivity contribution in [1.82, 2.24) is 4.90 Å². The molecule has 2 amide bonds. The van der Waals surface area contributed by atoms with Crippen LogP contribution in [0.15, 0.2) is 12.1 Å². The van der Waals surface area contributed by atoms with Crippen molar-refractivity contribution in [2.24, 2.45) is 5.92 Å². The van der Waals surface area contributed by atoms with Crippen LogP contribution in [0, 0.1) is 27.7 Å². The molecule has 0 spiro atoms. The Morgan fingerprint density at radius 1 is 1.48 bits per heavy atom. The minimum Gasteiger partial charge on any atom is -0.278 e. The molecule has 112 valence electrons. The van der Waals surface area contributed by atoms with Crippen LogP contribution in [0.4, 0.5) is 14.5 Å². The fourth-order valence-corrected chi connectivity index (χ4v) is 2.26. The summed E-state index contributed by atoms with van der Waals surface area (Å²) >= 11 is 0. The molecule has 21 heavy (non-hydrogen) atoms. The first-order chi connectivity index (χ1) is 9.85. The maximum atomic E-state index is 13.9. The average Bonchev–Trinajstić information content (AvgIpc) is 2.81. The molecule has 1 fully saturated rings. The standard InChI is InChI=1S/C13H12F2N2O4/c1-2-7-3-11(18)16(6-7)13(19)9-4-8(14)5-10(12(9)15)17(20)21/h4-5,7H,2-3,6H2,1H3. The number of nitro benzene ring substituents is 1. The molecule has 0 aromatic heterocycles. The summed E-state index contributed by atoms with van der Waals surface area (Å²) in [5.41, 5.74) is -1.93. The van der Waals surface area contributed by atoms with E-state index in [2.05, 4.69) is 0 Å². The van der Waals surface area contributed by atoms with Crippen molar-refractivity contribution in [2.75, 3.05) is 6.54 Å². The second-order valence-electron chi connectivity index (χ2n) is 4.83. The van der Waals surface area contributed by atoms with Gasteiger partial charge in [0.25, 0.3) is 5.91 Å². The van der Waals surface area contributed by atoms with Crippen LogP contribution in [-0.2, 0) is 4.79 Å². The number of carbonyl (C=O) groups excluding carboxylic acids is 2. The highest BCUT2D eigenvalue weighted by molar-refractivity contribution is 6.06. The zero-order valence-electron chi connectivity index (χ0n) is 11.1. The number of benzene rings is 1. The van der Waals surface area contributed by atoms with Crippen LogP contribution in [0.2, 0.25) is 0 Å². The number of imide groups is 1.